The van der Waals surface area contributed by atoms with Gasteiger partial charge in [-0.3, -0.25) is 14.4 Å². The largest absolute Gasteiger partial charge is 0.507 e. The van der Waals surface area contributed by atoms with Crippen LogP contribution in [-0.2, 0) is 11.2 Å². The van der Waals surface area contributed by atoms with Crippen molar-refractivity contribution in [1.82, 2.24) is 5.32 Å². The number of carboxylic acids is 2. The van der Waals surface area contributed by atoms with Crippen LogP contribution in [0, 0.1) is 0 Å². The molecule has 0 saturated carbocycles. The number of rotatable bonds is 6. The molecule has 0 unspecified atom stereocenters. The van der Waals surface area contributed by atoms with Gasteiger partial charge in [0.05, 0.1) is 22.3 Å². The number of hydrogen-bond acceptors (Lipinski definition) is 10. The second-order valence-electron chi connectivity index (χ2n) is 8.59. The second-order valence-corrected chi connectivity index (χ2v) is 8.59. The average Bonchev–Trinajstić information content (AvgIpc) is 2.85. The number of benzene rings is 3. The summed E-state index contributed by atoms with van der Waals surface area (Å²) in [4.78, 5) is 61.6. The number of hydrogen-bond donors (Lipinski definition) is 8. The molecule has 1 aliphatic carbocycles. The van der Waals surface area contributed by atoms with Crippen molar-refractivity contribution in [1.29, 1.82) is 0 Å². The van der Waals surface area contributed by atoms with Crippen molar-refractivity contribution in [3.63, 3.8) is 0 Å². The highest BCUT2D eigenvalue weighted by molar-refractivity contribution is 6.34. The highest BCUT2D eigenvalue weighted by atomic mass is 16.4. The first-order chi connectivity index (χ1) is 18.3. The van der Waals surface area contributed by atoms with Gasteiger partial charge in [-0.15, -0.1) is 0 Å². The van der Waals surface area contributed by atoms with Crippen LogP contribution in [0.1, 0.15) is 65.0 Å². The fourth-order valence-corrected chi connectivity index (χ4v) is 4.50. The number of phenols is 5. The Morgan fingerprint density at radius 1 is 0.692 bits per heavy atom. The number of phenolic OH excluding ortho intramolecular Hbond substituents is 4. The molecule has 1 aliphatic rings. The zero-order chi connectivity index (χ0) is 28.9. The highest BCUT2D eigenvalue weighted by Gasteiger charge is 2.43. The molecule has 200 valence electrons. The van der Waals surface area contributed by atoms with Crippen LogP contribution < -0.4 is 5.32 Å². The van der Waals surface area contributed by atoms with Crippen LogP contribution in [0.15, 0.2) is 24.3 Å². The van der Waals surface area contributed by atoms with Crippen molar-refractivity contribution < 1.29 is 59.7 Å². The summed E-state index contributed by atoms with van der Waals surface area (Å²) in [6, 6.07) is 4.47. The Balaban J connectivity index is 2.00. The molecule has 0 bridgehead atoms. The minimum atomic E-state index is -1.98. The van der Waals surface area contributed by atoms with E-state index in [1.54, 1.807) is 0 Å². The van der Waals surface area contributed by atoms with Gasteiger partial charge in [0.2, 0.25) is 5.91 Å². The van der Waals surface area contributed by atoms with Gasteiger partial charge in [0.15, 0.2) is 23.1 Å². The van der Waals surface area contributed by atoms with E-state index in [1.807, 2.05) is 0 Å². The van der Waals surface area contributed by atoms with Crippen LogP contribution in [-0.4, -0.2) is 71.7 Å². The Bertz CT molecular complexity index is 1650. The predicted molar refractivity (Wildman–Crippen MR) is 130 cm³/mol. The Labute approximate surface area is 217 Å². The van der Waals surface area contributed by atoms with Gasteiger partial charge in [0, 0.05) is 30.2 Å². The van der Waals surface area contributed by atoms with E-state index in [1.165, 1.54) is 25.1 Å². The van der Waals surface area contributed by atoms with E-state index in [4.69, 9.17) is 0 Å². The highest BCUT2D eigenvalue weighted by Crippen LogP contribution is 2.53. The summed E-state index contributed by atoms with van der Waals surface area (Å²) in [6.07, 6.45) is 0.236. The number of carbonyl (C=O) groups excluding carboxylic acids is 3. The van der Waals surface area contributed by atoms with Crippen molar-refractivity contribution in [2.45, 2.75) is 13.3 Å². The Hall–Kier alpha value is -5.59. The first kappa shape index (κ1) is 26.5. The third-order valence-corrected chi connectivity index (χ3v) is 6.20. The molecule has 4 rings (SSSR count). The molecule has 13 heteroatoms. The Morgan fingerprint density at radius 2 is 1.28 bits per heavy atom. The lowest BCUT2D eigenvalue weighted by Crippen LogP contribution is -2.26. The normalized spacial score (nSPS) is 12.0. The molecule has 0 saturated heterocycles. The Kier molecular flexibility index (Phi) is 6.36. The lowest BCUT2D eigenvalue weighted by atomic mass is 9.77. The predicted octanol–water partition coefficient (Wildman–Crippen LogP) is 1.73. The number of aromatic hydroxyl groups is 5. The average molecular weight is 537 g/mol. The smallest absolute Gasteiger partial charge is 0.340 e. The molecule has 0 fully saturated rings. The maximum Gasteiger partial charge on any atom is 0.340 e. The number of nitrogens with one attached hydrogen (secondary N) is 1. The molecule has 8 N–H and O–H groups in total. The summed E-state index contributed by atoms with van der Waals surface area (Å²) in [5, 5.41) is 74.9. The van der Waals surface area contributed by atoms with Crippen molar-refractivity contribution in [2.24, 2.45) is 0 Å². The zero-order valence-electron chi connectivity index (χ0n) is 19.9. The van der Waals surface area contributed by atoms with Gasteiger partial charge >= 0.3 is 11.9 Å². The standard InChI is InChI=1S/C26H19NO12/c1-8(28)27-5-4-9-2-3-12(29)10(6-9)15-22(33)19-18(24(35)23(15)34)20(31)11-7-13(30)16(25(36)37)17(26(38)39)14(11)21(19)32/h2-3,6-7,29-30,33-35H,4-5H2,1H3,(H,27,28)(H,36,37)(H,38,39). The molecule has 0 heterocycles. The number of ketones is 2. The molecular formula is C26H19NO12. The maximum atomic E-state index is 13.5. The number of fused-ring (bicyclic) bond motifs is 2. The van der Waals surface area contributed by atoms with E-state index in [0.29, 0.717) is 11.6 Å². The molecule has 13 nitrogen and oxygen atoms in total. The summed E-state index contributed by atoms with van der Waals surface area (Å²) >= 11 is 0. The van der Waals surface area contributed by atoms with Gasteiger partial charge in [-0.25, -0.2) is 9.59 Å². The van der Waals surface area contributed by atoms with Gasteiger partial charge in [0.25, 0.3) is 0 Å². The molecule has 0 atom stereocenters. The summed E-state index contributed by atoms with van der Waals surface area (Å²) in [5.74, 6) is -12.0. The molecule has 0 aromatic heterocycles. The minimum Gasteiger partial charge on any atom is -0.507 e. The summed E-state index contributed by atoms with van der Waals surface area (Å²) in [6.45, 7) is 1.49. The molecule has 3 aromatic rings. The summed E-state index contributed by atoms with van der Waals surface area (Å²) in [5.41, 5.74) is -6.51. The van der Waals surface area contributed by atoms with Crippen molar-refractivity contribution >= 4 is 29.4 Å². The Morgan fingerprint density at radius 3 is 1.87 bits per heavy atom. The fraction of sp³-hybridized carbons (Fsp3) is 0.115. The second kappa shape index (κ2) is 9.37. The van der Waals surface area contributed by atoms with Crippen LogP contribution in [0.3, 0.4) is 0 Å². The third-order valence-electron chi connectivity index (χ3n) is 6.20. The van der Waals surface area contributed by atoms with Gasteiger partial charge in [-0.1, -0.05) is 6.07 Å². The maximum absolute atomic E-state index is 13.5. The topological polar surface area (TPSA) is 239 Å². The van der Waals surface area contributed by atoms with Gasteiger partial charge < -0.3 is 41.1 Å². The summed E-state index contributed by atoms with van der Waals surface area (Å²) in [7, 11) is 0. The van der Waals surface area contributed by atoms with Crippen molar-refractivity contribution in [2.75, 3.05) is 6.54 Å². The van der Waals surface area contributed by atoms with E-state index >= 15 is 0 Å². The van der Waals surface area contributed by atoms with Crippen LogP contribution >= 0.6 is 0 Å². The van der Waals surface area contributed by atoms with Crippen LogP contribution in [0.4, 0.5) is 0 Å². The van der Waals surface area contributed by atoms with E-state index in [-0.39, 0.29) is 24.4 Å². The first-order valence-electron chi connectivity index (χ1n) is 11.1. The van der Waals surface area contributed by atoms with Crippen molar-refractivity contribution in [3.05, 3.63) is 63.2 Å². The number of carbonyl (C=O) groups is 5. The number of carboxylic acid groups (broad SMARTS) is 2. The van der Waals surface area contributed by atoms with E-state index in [9.17, 15) is 59.7 Å². The van der Waals surface area contributed by atoms with Crippen LogP contribution in [0.2, 0.25) is 0 Å². The van der Waals surface area contributed by atoms with E-state index < -0.39 is 91.2 Å². The van der Waals surface area contributed by atoms with Gasteiger partial charge in [-0.05, 0) is 30.2 Å². The molecule has 0 radical (unpaired) electrons. The molecule has 0 spiro atoms. The lowest BCUT2D eigenvalue weighted by Gasteiger charge is -2.24. The van der Waals surface area contributed by atoms with Gasteiger partial charge in [0.1, 0.15) is 22.8 Å². The molecule has 39 heavy (non-hydrogen) atoms. The lowest BCUT2D eigenvalue weighted by molar-refractivity contribution is -0.118. The molecule has 1 amide bonds. The third kappa shape index (κ3) is 4.11. The molecular weight excluding hydrogens is 518 g/mol. The number of aromatic carboxylic acids is 2. The quantitative estimate of drug-likeness (QED) is 0.130. The fourth-order valence-electron chi connectivity index (χ4n) is 4.50. The van der Waals surface area contributed by atoms with Crippen molar-refractivity contribution in [3.8, 4) is 39.9 Å². The summed E-state index contributed by atoms with van der Waals surface area (Å²) < 4.78 is 0. The monoisotopic (exact) mass is 537 g/mol. The van der Waals surface area contributed by atoms with E-state index in [2.05, 4.69) is 5.32 Å². The van der Waals surface area contributed by atoms with E-state index in [0.717, 1.165) is 0 Å². The van der Waals surface area contributed by atoms with Gasteiger partial charge in [-0.2, -0.15) is 0 Å². The SMILES string of the molecule is CC(=O)NCCc1ccc(O)c(-c2c(O)c(O)c3c(c2O)C(=O)c2c(cc(O)c(C(=O)O)c2C(=O)O)C3=O)c1. The molecule has 0 aliphatic heterocycles. The minimum absolute atomic E-state index is 0.188. The van der Waals surface area contributed by atoms with Crippen LogP contribution in [0.5, 0.6) is 28.7 Å². The molecule has 3 aromatic carbocycles. The number of amides is 1. The van der Waals surface area contributed by atoms with Crippen LogP contribution in [0.25, 0.3) is 11.1 Å². The first-order valence-corrected chi connectivity index (χ1v) is 11.1. The zero-order valence-corrected chi connectivity index (χ0v) is 19.9.